The van der Waals surface area contributed by atoms with E-state index >= 15 is 0 Å². The smallest absolute Gasteiger partial charge is 0.204 e. The largest absolute Gasteiger partial charge is 0.381 e. The fourth-order valence-corrected chi connectivity index (χ4v) is 2.09. The molecule has 0 bridgehead atoms. The van der Waals surface area contributed by atoms with Crippen LogP contribution in [0, 0.1) is 0 Å². The van der Waals surface area contributed by atoms with Crippen LogP contribution in [0.4, 0.5) is 5.69 Å². The van der Waals surface area contributed by atoms with Crippen LogP contribution in [0.25, 0.3) is 11.4 Å². The molecule has 0 fully saturated rings. The van der Waals surface area contributed by atoms with Crippen LogP contribution in [0.1, 0.15) is 5.56 Å². The zero-order chi connectivity index (χ0) is 13.8. The maximum absolute atomic E-state index is 6.13. The number of tetrazole rings is 1. The van der Waals surface area contributed by atoms with Crippen LogP contribution in [-0.2, 0) is 6.54 Å². The van der Waals surface area contributed by atoms with Crippen molar-refractivity contribution in [2.45, 2.75) is 6.54 Å². The van der Waals surface area contributed by atoms with Crippen molar-refractivity contribution in [2.75, 3.05) is 5.32 Å². The second-order valence-corrected chi connectivity index (χ2v) is 4.67. The number of aromatic amines is 1. The predicted octanol–water partition coefficient (Wildman–Crippen LogP) is 3.13. The average molecular weight is 286 g/mol. The van der Waals surface area contributed by atoms with E-state index < -0.39 is 0 Å². The molecule has 0 aliphatic heterocycles. The molecule has 0 unspecified atom stereocenters. The van der Waals surface area contributed by atoms with E-state index in [9.17, 15) is 0 Å². The summed E-state index contributed by atoms with van der Waals surface area (Å²) in [5, 5.41) is 18.0. The number of nitrogens with one attached hydrogen (secondary N) is 2. The molecule has 1 aromatic heterocycles. The van der Waals surface area contributed by atoms with Crippen LogP contribution < -0.4 is 5.32 Å². The first-order valence-corrected chi connectivity index (χ1v) is 6.52. The number of hydrogen-bond acceptors (Lipinski definition) is 4. The highest BCUT2D eigenvalue weighted by atomic mass is 35.5. The first-order chi connectivity index (χ1) is 9.83. The van der Waals surface area contributed by atoms with Crippen LogP contribution in [0.15, 0.2) is 48.5 Å². The molecule has 0 amide bonds. The van der Waals surface area contributed by atoms with Gasteiger partial charge in [0.25, 0.3) is 0 Å². The Morgan fingerprint density at radius 1 is 1.10 bits per heavy atom. The number of H-pyrrole nitrogens is 1. The van der Waals surface area contributed by atoms with E-state index in [1.54, 1.807) is 0 Å². The molecule has 2 N–H and O–H groups in total. The monoisotopic (exact) mass is 285 g/mol. The molecule has 6 heteroatoms. The Morgan fingerprint density at radius 3 is 2.80 bits per heavy atom. The van der Waals surface area contributed by atoms with Gasteiger partial charge in [-0.2, -0.15) is 5.21 Å². The number of nitrogens with zero attached hydrogens (tertiary/aromatic N) is 3. The van der Waals surface area contributed by atoms with Crippen molar-refractivity contribution < 1.29 is 0 Å². The van der Waals surface area contributed by atoms with Gasteiger partial charge < -0.3 is 5.32 Å². The molecule has 20 heavy (non-hydrogen) atoms. The minimum atomic E-state index is 0.575. The fourth-order valence-electron chi connectivity index (χ4n) is 1.89. The predicted molar refractivity (Wildman–Crippen MR) is 78.4 cm³/mol. The van der Waals surface area contributed by atoms with Gasteiger partial charge in [0.05, 0.1) is 0 Å². The SMILES string of the molecule is Clc1ccccc1CNc1cccc(-c2nn[nH]n2)c1. The van der Waals surface area contributed by atoms with Gasteiger partial charge >= 0.3 is 0 Å². The van der Waals surface area contributed by atoms with Crippen LogP contribution in [0.2, 0.25) is 5.02 Å². The first-order valence-electron chi connectivity index (χ1n) is 6.14. The fraction of sp³-hybridized carbons (Fsp3) is 0.0714. The second kappa shape index (κ2) is 5.71. The minimum absolute atomic E-state index is 0.575. The molecule has 0 aliphatic rings. The summed E-state index contributed by atoms with van der Waals surface area (Å²) in [5.74, 6) is 0.575. The van der Waals surface area contributed by atoms with Gasteiger partial charge in [0.1, 0.15) is 0 Å². The van der Waals surface area contributed by atoms with Gasteiger partial charge in [0.15, 0.2) is 0 Å². The maximum atomic E-state index is 6.13. The maximum Gasteiger partial charge on any atom is 0.204 e. The molecule has 0 spiro atoms. The molecular weight excluding hydrogens is 274 g/mol. The zero-order valence-corrected chi connectivity index (χ0v) is 11.3. The summed E-state index contributed by atoms with van der Waals surface area (Å²) >= 11 is 6.13. The Hall–Kier alpha value is -2.40. The van der Waals surface area contributed by atoms with Gasteiger partial charge in [-0.3, -0.25) is 0 Å². The van der Waals surface area contributed by atoms with Crippen LogP contribution in [0.5, 0.6) is 0 Å². The van der Waals surface area contributed by atoms with E-state index in [1.165, 1.54) is 0 Å². The Labute approximate surface area is 121 Å². The molecule has 0 atom stereocenters. The summed E-state index contributed by atoms with van der Waals surface area (Å²) in [4.78, 5) is 0. The third-order valence-electron chi connectivity index (χ3n) is 2.91. The Kier molecular flexibility index (Phi) is 3.60. The Balaban J connectivity index is 1.75. The van der Waals surface area contributed by atoms with E-state index in [0.29, 0.717) is 12.4 Å². The number of hydrogen-bond donors (Lipinski definition) is 2. The van der Waals surface area contributed by atoms with Gasteiger partial charge in [0.2, 0.25) is 5.82 Å². The van der Waals surface area contributed by atoms with E-state index in [4.69, 9.17) is 11.6 Å². The van der Waals surface area contributed by atoms with Gasteiger partial charge in [0, 0.05) is 22.8 Å². The highest BCUT2D eigenvalue weighted by Crippen LogP contribution is 2.20. The molecule has 3 aromatic rings. The van der Waals surface area contributed by atoms with Crippen molar-refractivity contribution in [2.24, 2.45) is 0 Å². The summed E-state index contributed by atoms with van der Waals surface area (Å²) in [6, 6.07) is 15.6. The van der Waals surface area contributed by atoms with Gasteiger partial charge in [-0.1, -0.05) is 41.9 Å². The first kappa shape index (κ1) is 12.6. The van der Waals surface area contributed by atoms with E-state index in [-0.39, 0.29) is 0 Å². The van der Waals surface area contributed by atoms with Crippen molar-refractivity contribution in [3.8, 4) is 11.4 Å². The topological polar surface area (TPSA) is 66.5 Å². The summed E-state index contributed by atoms with van der Waals surface area (Å²) in [5.41, 5.74) is 2.94. The zero-order valence-electron chi connectivity index (χ0n) is 10.5. The van der Waals surface area contributed by atoms with E-state index in [0.717, 1.165) is 21.8 Å². The lowest BCUT2D eigenvalue weighted by atomic mass is 10.1. The Bertz CT molecular complexity index is 696. The summed E-state index contributed by atoms with van der Waals surface area (Å²) in [6.07, 6.45) is 0. The standard InChI is InChI=1S/C14H12ClN5/c15-13-7-2-1-4-11(13)9-16-12-6-3-5-10(8-12)14-17-19-20-18-14/h1-8,16H,9H2,(H,17,18,19,20). The quantitative estimate of drug-likeness (QED) is 0.773. The van der Waals surface area contributed by atoms with Crippen molar-refractivity contribution in [1.29, 1.82) is 0 Å². The molecule has 0 saturated heterocycles. The van der Waals surface area contributed by atoms with Crippen molar-refractivity contribution in [3.63, 3.8) is 0 Å². The number of anilines is 1. The molecule has 5 nitrogen and oxygen atoms in total. The number of aromatic nitrogens is 4. The third kappa shape index (κ3) is 2.78. The lowest BCUT2D eigenvalue weighted by molar-refractivity contribution is 0.881. The summed E-state index contributed by atoms with van der Waals surface area (Å²) in [7, 11) is 0. The second-order valence-electron chi connectivity index (χ2n) is 4.26. The lowest BCUT2D eigenvalue weighted by Crippen LogP contribution is -2.00. The van der Waals surface area contributed by atoms with Gasteiger partial charge in [-0.15, -0.1) is 10.2 Å². The molecule has 0 saturated carbocycles. The lowest BCUT2D eigenvalue weighted by Gasteiger charge is -2.08. The highest BCUT2D eigenvalue weighted by Gasteiger charge is 2.04. The van der Waals surface area contributed by atoms with Crippen molar-refractivity contribution in [1.82, 2.24) is 20.6 Å². The molecule has 3 rings (SSSR count). The minimum Gasteiger partial charge on any atom is -0.381 e. The Morgan fingerprint density at radius 2 is 2.00 bits per heavy atom. The molecule has 2 aromatic carbocycles. The van der Waals surface area contributed by atoms with Crippen LogP contribution in [-0.4, -0.2) is 20.6 Å². The summed E-state index contributed by atoms with van der Waals surface area (Å²) < 4.78 is 0. The third-order valence-corrected chi connectivity index (χ3v) is 3.28. The van der Waals surface area contributed by atoms with Gasteiger partial charge in [-0.05, 0) is 29.0 Å². The molecular formula is C14H12ClN5. The van der Waals surface area contributed by atoms with Crippen molar-refractivity contribution >= 4 is 17.3 Å². The average Bonchev–Trinajstić information content (AvgIpc) is 3.01. The molecule has 1 heterocycles. The van der Waals surface area contributed by atoms with Gasteiger partial charge in [-0.25, -0.2) is 0 Å². The summed E-state index contributed by atoms with van der Waals surface area (Å²) in [6.45, 7) is 0.662. The molecule has 0 radical (unpaired) electrons. The van der Waals surface area contributed by atoms with Crippen LogP contribution in [0.3, 0.4) is 0 Å². The number of halogens is 1. The van der Waals surface area contributed by atoms with E-state index in [2.05, 4.69) is 25.9 Å². The van der Waals surface area contributed by atoms with Crippen LogP contribution >= 0.6 is 11.6 Å². The molecule has 0 aliphatic carbocycles. The number of benzene rings is 2. The molecule has 100 valence electrons. The number of rotatable bonds is 4. The van der Waals surface area contributed by atoms with Crippen molar-refractivity contribution in [3.05, 3.63) is 59.1 Å². The highest BCUT2D eigenvalue weighted by molar-refractivity contribution is 6.31. The normalized spacial score (nSPS) is 10.4. The van der Waals surface area contributed by atoms with E-state index in [1.807, 2.05) is 48.5 Å².